The van der Waals surface area contributed by atoms with Gasteiger partial charge in [-0.2, -0.15) is 0 Å². The van der Waals surface area contributed by atoms with E-state index >= 15 is 0 Å². The van der Waals surface area contributed by atoms with Crippen molar-refractivity contribution in [2.24, 2.45) is 5.92 Å². The fraction of sp³-hybridized carbons (Fsp3) is 0.625. The number of piperidine rings is 1. The van der Waals surface area contributed by atoms with Crippen molar-refractivity contribution in [3.05, 3.63) is 30.1 Å². The van der Waals surface area contributed by atoms with E-state index in [1.54, 1.807) is 6.20 Å². The molecule has 0 aliphatic carbocycles. The predicted octanol–water partition coefficient (Wildman–Crippen LogP) is 2.16. The molecule has 1 fully saturated rings. The second-order valence-corrected chi connectivity index (χ2v) is 5.42. The van der Waals surface area contributed by atoms with Crippen LogP contribution in [0.1, 0.15) is 32.3 Å². The Hall–Kier alpha value is -1.42. The second-order valence-electron chi connectivity index (χ2n) is 5.42. The number of amides is 1. The number of likely N-dealkylation sites (tertiary alicyclic amines) is 1. The highest BCUT2D eigenvalue weighted by atomic mass is 16.2. The van der Waals surface area contributed by atoms with Gasteiger partial charge < -0.3 is 4.90 Å². The van der Waals surface area contributed by atoms with Crippen LogP contribution in [-0.2, 0) is 11.3 Å². The summed E-state index contributed by atoms with van der Waals surface area (Å²) < 4.78 is 0. The highest BCUT2D eigenvalue weighted by Crippen LogP contribution is 2.21. The standard InChI is InChI=1S/C16H25N3O/c1-3-19(4-2)16(20)15-7-10-18(11-8-15)13-14-6-5-9-17-12-14/h5-6,9,12,15H,3-4,7-8,10-11,13H2,1-2H3. The highest BCUT2D eigenvalue weighted by Gasteiger charge is 2.27. The van der Waals surface area contributed by atoms with Crippen LogP contribution >= 0.6 is 0 Å². The Balaban J connectivity index is 1.82. The highest BCUT2D eigenvalue weighted by molar-refractivity contribution is 5.78. The summed E-state index contributed by atoms with van der Waals surface area (Å²) in [7, 11) is 0. The minimum atomic E-state index is 0.222. The van der Waals surface area contributed by atoms with Crippen molar-refractivity contribution in [3.63, 3.8) is 0 Å². The maximum absolute atomic E-state index is 12.3. The number of pyridine rings is 1. The van der Waals surface area contributed by atoms with E-state index in [1.807, 2.05) is 17.2 Å². The van der Waals surface area contributed by atoms with Gasteiger partial charge in [0.25, 0.3) is 0 Å². The number of rotatable bonds is 5. The van der Waals surface area contributed by atoms with Crippen molar-refractivity contribution in [1.29, 1.82) is 0 Å². The number of carbonyl (C=O) groups is 1. The van der Waals surface area contributed by atoms with E-state index in [4.69, 9.17) is 0 Å². The van der Waals surface area contributed by atoms with Gasteiger partial charge in [0.2, 0.25) is 5.91 Å². The molecule has 2 heterocycles. The molecule has 1 aromatic rings. The van der Waals surface area contributed by atoms with Gasteiger partial charge in [-0.3, -0.25) is 14.7 Å². The molecule has 0 aromatic carbocycles. The Kier molecular flexibility index (Phi) is 5.53. The first-order valence-corrected chi connectivity index (χ1v) is 7.64. The lowest BCUT2D eigenvalue weighted by molar-refractivity contribution is -0.136. The molecule has 4 nitrogen and oxygen atoms in total. The lowest BCUT2D eigenvalue weighted by Gasteiger charge is -2.33. The van der Waals surface area contributed by atoms with Crippen LogP contribution in [0, 0.1) is 5.92 Å². The lowest BCUT2D eigenvalue weighted by atomic mass is 9.95. The second kappa shape index (κ2) is 7.39. The van der Waals surface area contributed by atoms with Crippen LogP contribution in [0.15, 0.2) is 24.5 Å². The third-order valence-electron chi connectivity index (χ3n) is 4.14. The maximum atomic E-state index is 12.3. The topological polar surface area (TPSA) is 36.4 Å². The Morgan fingerprint density at radius 2 is 2.05 bits per heavy atom. The van der Waals surface area contributed by atoms with E-state index in [0.29, 0.717) is 5.91 Å². The summed E-state index contributed by atoms with van der Waals surface area (Å²) in [4.78, 5) is 20.9. The summed E-state index contributed by atoms with van der Waals surface area (Å²) in [5.74, 6) is 0.566. The Morgan fingerprint density at radius 3 is 2.60 bits per heavy atom. The van der Waals surface area contributed by atoms with Gasteiger partial charge in [-0.15, -0.1) is 0 Å². The van der Waals surface area contributed by atoms with Gasteiger partial charge in [-0.25, -0.2) is 0 Å². The van der Waals surface area contributed by atoms with Crippen LogP contribution in [0.3, 0.4) is 0 Å². The zero-order valence-electron chi connectivity index (χ0n) is 12.6. The van der Waals surface area contributed by atoms with Crippen molar-refractivity contribution in [3.8, 4) is 0 Å². The lowest BCUT2D eigenvalue weighted by Crippen LogP contribution is -2.42. The monoisotopic (exact) mass is 275 g/mol. The molecule has 110 valence electrons. The summed E-state index contributed by atoms with van der Waals surface area (Å²) in [6, 6.07) is 4.09. The van der Waals surface area contributed by atoms with Crippen molar-refractivity contribution in [1.82, 2.24) is 14.8 Å². The number of carbonyl (C=O) groups excluding carboxylic acids is 1. The van der Waals surface area contributed by atoms with Gasteiger partial charge in [0.1, 0.15) is 0 Å². The maximum Gasteiger partial charge on any atom is 0.225 e. The number of hydrogen-bond acceptors (Lipinski definition) is 3. The Morgan fingerprint density at radius 1 is 1.35 bits per heavy atom. The molecule has 0 radical (unpaired) electrons. The zero-order valence-corrected chi connectivity index (χ0v) is 12.6. The number of hydrogen-bond donors (Lipinski definition) is 0. The van der Waals surface area contributed by atoms with Crippen LogP contribution < -0.4 is 0 Å². The molecule has 20 heavy (non-hydrogen) atoms. The summed E-state index contributed by atoms with van der Waals surface area (Å²) in [5, 5.41) is 0. The smallest absolute Gasteiger partial charge is 0.225 e. The molecular formula is C16H25N3O. The SMILES string of the molecule is CCN(CC)C(=O)C1CCN(Cc2cccnc2)CC1. The van der Waals surface area contributed by atoms with Crippen LogP contribution in [0.5, 0.6) is 0 Å². The van der Waals surface area contributed by atoms with Crippen molar-refractivity contribution < 1.29 is 4.79 Å². The molecule has 0 spiro atoms. The van der Waals surface area contributed by atoms with E-state index in [2.05, 4.69) is 29.8 Å². The molecule has 0 atom stereocenters. The van der Waals surface area contributed by atoms with Gasteiger partial charge in [-0.1, -0.05) is 6.07 Å². The third-order valence-corrected chi connectivity index (χ3v) is 4.14. The Bertz CT molecular complexity index is 409. The fourth-order valence-corrected chi connectivity index (χ4v) is 2.88. The van der Waals surface area contributed by atoms with Gasteiger partial charge in [0.05, 0.1) is 0 Å². The molecule has 0 bridgehead atoms. The molecular weight excluding hydrogens is 250 g/mol. The largest absolute Gasteiger partial charge is 0.343 e. The fourth-order valence-electron chi connectivity index (χ4n) is 2.88. The molecule has 1 saturated heterocycles. The van der Waals surface area contributed by atoms with Gasteiger partial charge >= 0.3 is 0 Å². The molecule has 0 unspecified atom stereocenters. The molecule has 1 aliphatic heterocycles. The van der Waals surface area contributed by atoms with Crippen LogP contribution in [0.25, 0.3) is 0 Å². The first kappa shape index (κ1) is 15.0. The Labute approximate surface area is 121 Å². The molecule has 0 N–H and O–H groups in total. The van der Waals surface area contributed by atoms with Gasteiger partial charge in [-0.05, 0) is 51.4 Å². The first-order valence-electron chi connectivity index (χ1n) is 7.64. The predicted molar refractivity (Wildman–Crippen MR) is 80.2 cm³/mol. The minimum absolute atomic E-state index is 0.222. The average Bonchev–Trinajstić information content (AvgIpc) is 2.50. The van der Waals surface area contributed by atoms with E-state index in [-0.39, 0.29) is 5.92 Å². The molecule has 1 amide bonds. The number of aromatic nitrogens is 1. The average molecular weight is 275 g/mol. The van der Waals surface area contributed by atoms with E-state index in [9.17, 15) is 4.79 Å². The van der Waals surface area contributed by atoms with Crippen molar-refractivity contribution in [2.75, 3.05) is 26.2 Å². The number of nitrogens with zero attached hydrogens (tertiary/aromatic N) is 3. The minimum Gasteiger partial charge on any atom is -0.343 e. The summed E-state index contributed by atoms with van der Waals surface area (Å²) in [6.45, 7) is 8.72. The zero-order chi connectivity index (χ0) is 14.4. The van der Waals surface area contributed by atoms with Gasteiger partial charge in [0, 0.05) is 37.9 Å². The molecule has 1 aliphatic rings. The molecule has 0 saturated carbocycles. The molecule has 1 aromatic heterocycles. The van der Waals surface area contributed by atoms with Gasteiger partial charge in [0.15, 0.2) is 0 Å². The quantitative estimate of drug-likeness (QED) is 0.826. The van der Waals surface area contributed by atoms with E-state index < -0.39 is 0 Å². The van der Waals surface area contributed by atoms with Crippen molar-refractivity contribution >= 4 is 5.91 Å². The summed E-state index contributed by atoms with van der Waals surface area (Å²) in [6.07, 6.45) is 5.69. The third kappa shape index (κ3) is 3.79. The van der Waals surface area contributed by atoms with Crippen LogP contribution in [-0.4, -0.2) is 46.9 Å². The van der Waals surface area contributed by atoms with Crippen molar-refractivity contribution in [2.45, 2.75) is 33.2 Å². The first-order chi connectivity index (χ1) is 9.74. The van der Waals surface area contributed by atoms with Crippen LogP contribution in [0.2, 0.25) is 0 Å². The van der Waals surface area contributed by atoms with E-state index in [0.717, 1.165) is 45.6 Å². The summed E-state index contributed by atoms with van der Waals surface area (Å²) in [5.41, 5.74) is 1.25. The van der Waals surface area contributed by atoms with Crippen LogP contribution in [0.4, 0.5) is 0 Å². The molecule has 4 heteroatoms. The van der Waals surface area contributed by atoms with E-state index in [1.165, 1.54) is 5.56 Å². The summed E-state index contributed by atoms with van der Waals surface area (Å²) >= 11 is 0. The normalized spacial score (nSPS) is 17.1. The molecule has 2 rings (SSSR count).